The van der Waals surface area contributed by atoms with Crippen molar-refractivity contribution in [3.05, 3.63) is 86.8 Å². The van der Waals surface area contributed by atoms with E-state index in [-0.39, 0.29) is 24.2 Å². The van der Waals surface area contributed by atoms with Gasteiger partial charge in [-0.3, -0.25) is 19.6 Å². The van der Waals surface area contributed by atoms with Crippen molar-refractivity contribution in [2.75, 3.05) is 6.54 Å². The number of rotatable bonds is 5. The van der Waals surface area contributed by atoms with Crippen LogP contribution in [0.1, 0.15) is 41.5 Å². The normalized spacial score (nSPS) is 15.9. The minimum absolute atomic E-state index is 0.0723. The molecule has 4 rings (SSSR count). The molecule has 3 aromatic rings. The molecule has 1 atom stereocenters. The molecule has 0 bridgehead atoms. The molecule has 1 aliphatic heterocycles. The molecule has 160 valence electrons. The van der Waals surface area contributed by atoms with Crippen LogP contribution < -0.4 is 5.56 Å². The summed E-state index contributed by atoms with van der Waals surface area (Å²) in [6.45, 7) is 2.23. The van der Waals surface area contributed by atoms with Crippen molar-refractivity contribution in [1.29, 1.82) is 0 Å². The summed E-state index contributed by atoms with van der Waals surface area (Å²) in [7, 11) is 0. The Morgan fingerprint density at radius 2 is 2.10 bits per heavy atom. The zero-order valence-corrected chi connectivity index (χ0v) is 17.9. The van der Waals surface area contributed by atoms with Crippen LogP contribution in [0.2, 0.25) is 5.02 Å². The second-order valence-corrected chi connectivity index (χ2v) is 8.20. The Balaban J connectivity index is 1.53. The monoisotopic (exact) mass is 438 g/mol. The number of pyridine rings is 1. The molecule has 1 fully saturated rings. The highest BCUT2D eigenvalue weighted by atomic mass is 35.5. The zero-order valence-electron chi connectivity index (χ0n) is 17.2. The van der Waals surface area contributed by atoms with Gasteiger partial charge in [0.25, 0.3) is 5.56 Å². The summed E-state index contributed by atoms with van der Waals surface area (Å²) in [6, 6.07) is 10.0. The Morgan fingerprint density at radius 1 is 1.26 bits per heavy atom. The van der Waals surface area contributed by atoms with Gasteiger partial charge in [-0.15, -0.1) is 0 Å². The molecule has 0 unspecified atom stereocenters. The van der Waals surface area contributed by atoms with E-state index in [0.29, 0.717) is 23.7 Å². The Bertz CT molecular complexity index is 1180. The van der Waals surface area contributed by atoms with E-state index in [2.05, 4.69) is 4.98 Å². The van der Waals surface area contributed by atoms with Crippen molar-refractivity contribution in [2.24, 2.45) is 0 Å². The molecular formula is C23H23ClN4O3. The first-order valence-corrected chi connectivity index (χ1v) is 10.5. The lowest BCUT2D eigenvalue weighted by Crippen LogP contribution is -2.37. The van der Waals surface area contributed by atoms with E-state index in [1.807, 2.05) is 24.3 Å². The van der Waals surface area contributed by atoms with Gasteiger partial charge in [-0.1, -0.05) is 23.7 Å². The van der Waals surface area contributed by atoms with E-state index in [1.165, 1.54) is 10.6 Å². The van der Waals surface area contributed by atoms with Crippen molar-refractivity contribution in [1.82, 2.24) is 19.4 Å². The standard InChI is InChI=1S/C23H23ClN4O3/c1-15-8-19(29)11-22(30)28(15)14-23(31)27-7-3-6-21(27)20-13-25-12-18(26-20)10-16-4-2-5-17(24)9-16/h2,4-5,8-9,11-13,21,29H,3,6-7,10,14H2,1H3/t21-/m0/s1. The zero-order chi connectivity index (χ0) is 22.0. The van der Waals surface area contributed by atoms with E-state index in [0.717, 1.165) is 35.9 Å². The number of aryl methyl sites for hydroxylation is 1. The van der Waals surface area contributed by atoms with Crippen molar-refractivity contribution in [3.8, 4) is 5.75 Å². The van der Waals surface area contributed by atoms with Crippen LogP contribution in [-0.4, -0.2) is 37.0 Å². The number of carbonyl (C=O) groups excluding carboxylic acids is 1. The summed E-state index contributed by atoms with van der Waals surface area (Å²) in [5, 5.41) is 10.2. The summed E-state index contributed by atoms with van der Waals surface area (Å²) in [6.07, 6.45) is 5.69. The van der Waals surface area contributed by atoms with E-state index >= 15 is 0 Å². The first-order valence-electron chi connectivity index (χ1n) is 10.2. The number of nitrogens with zero attached hydrogens (tertiary/aromatic N) is 4. The van der Waals surface area contributed by atoms with Crippen LogP contribution in [0.5, 0.6) is 5.75 Å². The van der Waals surface area contributed by atoms with Gasteiger partial charge in [-0.25, -0.2) is 0 Å². The van der Waals surface area contributed by atoms with Crippen LogP contribution >= 0.6 is 11.6 Å². The van der Waals surface area contributed by atoms with Crippen LogP contribution in [0.4, 0.5) is 0 Å². The molecule has 31 heavy (non-hydrogen) atoms. The summed E-state index contributed by atoms with van der Waals surface area (Å²) in [5.74, 6) is -0.252. The quantitative estimate of drug-likeness (QED) is 0.660. The summed E-state index contributed by atoms with van der Waals surface area (Å²) in [5.41, 5.74) is 2.74. The summed E-state index contributed by atoms with van der Waals surface area (Å²) in [4.78, 5) is 36.1. The predicted octanol–water partition coefficient (Wildman–Crippen LogP) is 3.26. The average molecular weight is 439 g/mol. The van der Waals surface area contributed by atoms with Gasteiger partial charge in [0, 0.05) is 35.9 Å². The average Bonchev–Trinajstić information content (AvgIpc) is 3.21. The molecule has 1 amide bonds. The van der Waals surface area contributed by atoms with Crippen LogP contribution in [0.3, 0.4) is 0 Å². The lowest BCUT2D eigenvalue weighted by molar-refractivity contribution is -0.133. The van der Waals surface area contributed by atoms with Crippen molar-refractivity contribution in [3.63, 3.8) is 0 Å². The van der Waals surface area contributed by atoms with E-state index in [4.69, 9.17) is 16.6 Å². The molecule has 1 saturated heterocycles. The minimum atomic E-state index is -0.398. The number of halogens is 1. The topological polar surface area (TPSA) is 88.3 Å². The third kappa shape index (κ3) is 4.77. The number of amides is 1. The van der Waals surface area contributed by atoms with Gasteiger partial charge in [-0.2, -0.15) is 0 Å². The first-order chi connectivity index (χ1) is 14.9. The van der Waals surface area contributed by atoms with Crippen molar-refractivity contribution < 1.29 is 9.90 Å². The number of hydrogen-bond donors (Lipinski definition) is 1. The fourth-order valence-electron chi connectivity index (χ4n) is 4.04. The second-order valence-electron chi connectivity index (χ2n) is 7.77. The fourth-order valence-corrected chi connectivity index (χ4v) is 4.25. The van der Waals surface area contributed by atoms with Crippen LogP contribution in [0.25, 0.3) is 0 Å². The van der Waals surface area contributed by atoms with Gasteiger partial charge < -0.3 is 14.6 Å². The third-order valence-corrected chi connectivity index (χ3v) is 5.74. The largest absolute Gasteiger partial charge is 0.508 e. The highest BCUT2D eigenvalue weighted by Gasteiger charge is 2.31. The Morgan fingerprint density at radius 3 is 2.87 bits per heavy atom. The number of likely N-dealkylation sites (tertiary alicyclic amines) is 1. The highest BCUT2D eigenvalue weighted by Crippen LogP contribution is 2.31. The van der Waals surface area contributed by atoms with Crippen LogP contribution in [0, 0.1) is 6.92 Å². The molecule has 3 heterocycles. The predicted molar refractivity (Wildman–Crippen MR) is 117 cm³/mol. The Hall–Kier alpha value is -3.19. The first kappa shape index (κ1) is 21.1. The SMILES string of the molecule is Cc1cc(O)cc(=O)n1CC(=O)N1CCC[C@H]1c1cncc(Cc2cccc(Cl)c2)n1. The highest BCUT2D eigenvalue weighted by molar-refractivity contribution is 6.30. The van der Waals surface area contributed by atoms with Gasteiger partial charge in [0.05, 0.1) is 23.6 Å². The van der Waals surface area contributed by atoms with Crippen LogP contribution in [-0.2, 0) is 17.8 Å². The van der Waals surface area contributed by atoms with Gasteiger partial charge in [0.1, 0.15) is 12.3 Å². The third-order valence-electron chi connectivity index (χ3n) is 5.51. The molecule has 0 aliphatic carbocycles. The molecular weight excluding hydrogens is 416 g/mol. The smallest absolute Gasteiger partial charge is 0.254 e. The Labute approximate surface area is 185 Å². The number of benzene rings is 1. The van der Waals surface area contributed by atoms with Gasteiger partial charge in [0.2, 0.25) is 5.91 Å². The molecule has 0 saturated carbocycles. The summed E-state index contributed by atoms with van der Waals surface area (Å²) >= 11 is 6.08. The van der Waals surface area contributed by atoms with E-state index < -0.39 is 5.56 Å². The van der Waals surface area contributed by atoms with Crippen LogP contribution in [0.15, 0.2) is 53.6 Å². The molecule has 2 aromatic heterocycles. The lowest BCUT2D eigenvalue weighted by atomic mass is 10.1. The van der Waals surface area contributed by atoms with Gasteiger partial charge in [-0.05, 0) is 43.5 Å². The Kier molecular flexibility index (Phi) is 6.04. The van der Waals surface area contributed by atoms with Crippen molar-refractivity contribution in [2.45, 2.75) is 38.8 Å². The van der Waals surface area contributed by atoms with Gasteiger partial charge in [0.15, 0.2) is 0 Å². The molecule has 1 aliphatic rings. The molecule has 7 nitrogen and oxygen atoms in total. The maximum Gasteiger partial charge on any atom is 0.254 e. The number of aromatic hydroxyl groups is 1. The maximum absolute atomic E-state index is 13.0. The van der Waals surface area contributed by atoms with Crippen molar-refractivity contribution >= 4 is 17.5 Å². The van der Waals surface area contributed by atoms with Gasteiger partial charge >= 0.3 is 0 Å². The molecule has 0 spiro atoms. The van der Waals surface area contributed by atoms with E-state index in [9.17, 15) is 14.7 Å². The lowest BCUT2D eigenvalue weighted by Gasteiger charge is -2.25. The van der Waals surface area contributed by atoms with E-state index in [1.54, 1.807) is 24.2 Å². The molecule has 0 radical (unpaired) electrons. The number of carbonyl (C=O) groups is 1. The number of aromatic nitrogens is 3. The molecule has 1 N–H and O–H groups in total. The molecule has 1 aromatic carbocycles. The minimum Gasteiger partial charge on any atom is -0.508 e. The second kappa shape index (κ2) is 8.89. The maximum atomic E-state index is 13.0. The fraction of sp³-hybridized carbons (Fsp3) is 0.304. The molecule has 8 heteroatoms. The summed E-state index contributed by atoms with van der Waals surface area (Å²) < 4.78 is 1.37. The number of hydrogen-bond acceptors (Lipinski definition) is 5.